The quantitative estimate of drug-likeness (QED) is 0.449. The zero-order valence-corrected chi connectivity index (χ0v) is 12.1. The molecule has 21 heavy (non-hydrogen) atoms. The number of rotatable bonds is 4. The zero-order chi connectivity index (χ0) is 14.8. The third-order valence-corrected chi connectivity index (χ3v) is 5.62. The Hall–Kier alpha value is -1.38. The largest absolute Gasteiger partial charge is 0.456 e. The molecule has 112 valence electrons. The lowest BCUT2D eigenvalue weighted by atomic mass is 9.60. The zero-order valence-electron chi connectivity index (χ0n) is 12.1. The molecule has 7 unspecified atom stereocenters. The highest BCUT2D eigenvalue weighted by atomic mass is 16.8. The Bertz CT molecular complexity index is 553. The third kappa shape index (κ3) is 1.79. The monoisotopic (exact) mass is 289 g/mol. The molecule has 5 nitrogen and oxygen atoms in total. The van der Waals surface area contributed by atoms with Crippen LogP contribution < -0.4 is 0 Å². The second-order valence-corrected chi connectivity index (χ2v) is 6.80. The molecule has 2 saturated carbocycles. The van der Waals surface area contributed by atoms with Crippen molar-refractivity contribution >= 4 is 5.97 Å². The number of fused-ring (bicyclic) bond motifs is 3. The fourth-order valence-electron chi connectivity index (χ4n) is 4.43. The summed E-state index contributed by atoms with van der Waals surface area (Å²) in [5, 5.41) is 8.78. The Morgan fingerprint density at radius 1 is 1.52 bits per heavy atom. The van der Waals surface area contributed by atoms with Gasteiger partial charge in [0.05, 0.1) is 6.07 Å². The third-order valence-electron chi connectivity index (χ3n) is 5.62. The summed E-state index contributed by atoms with van der Waals surface area (Å²) < 4.78 is 17.0. The lowest BCUT2D eigenvalue weighted by Crippen LogP contribution is -2.63. The van der Waals surface area contributed by atoms with Crippen molar-refractivity contribution in [2.24, 2.45) is 17.3 Å². The van der Waals surface area contributed by atoms with Crippen LogP contribution in [0.25, 0.3) is 0 Å². The second kappa shape index (κ2) is 4.31. The van der Waals surface area contributed by atoms with Crippen LogP contribution in [-0.4, -0.2) is 30.6 Å². The normalized spacial score (nSPS) is 48.4. The Balaban J connectivity index is 1.51. The molecule has 0 radical (unpaired) electrons. The first-order valence-corrected chi connectivity index (χ1v) is 7.62. The van der Waals surface area contributed by atoms with E-state index in [0.29, 0.717) is 23.8 Å². The first-order chi connectivity index (χ1) is 10.1. The molecule has 5 heteroatoms. The van der Waals surface area contributed by atoms with Gasteiger partial charge in [-0.3, -0.25) is 0 Å². The summed E-state index contributed by atoms with van der Waals surface area (Å²) in [5.74, 6) is 0.541. The van der Waals surface area contributed by atoms with E-state index < -0.39 is 0 Å². The van der Waals surface area contributed by atoms with E-state index >= 15 is 0 Å². The van der Waals surface area contributed by atoms with Gasteiger partial charge in [0.15, 0.2) is 6.29 Å². The molecule has 2 saturated heterocycles. The van der Waals surface area contributed by atoms with Crippen molar-refractivity contribution in [3.8, 4) is 6.07 Å². The van der Waals surface area contributed by atoms with E-state index in [-0.39, 0.29) is 36.0 Å². The van der Waals surface area contributed by atoms with Crippen LogP contribution in [0.5, 0.6) is 0 Å². The number of nitriles is 1. The minimum atomic E-state index is -0.341. The average Bonchev–Trinajstić information content (AvgIpc) is 3.34. The molecule has 1 spiro atoms. The fourth-order valence-corrected chi connectivity index (χ4v) is 4.43. The highest BCUT2D eigenvalue weighted by Gasteiger charge is 2.79. The standard InChI is InChI=1S/C16H19NO4/c1-8(2)14(18)21-13-12-10(6-11-15(19-11)20-12)16(13)7-9(16)4-3-5-17/h9-13,15H,1,3-4,6-7H2,2H3. The molecule has 0 aromatic rings. The highest BCUT2D eigenvalue weighted by molar-refractivity contribution is 5.87. The van der Waals surface area contributed by atoms with Crippen molar-refractivity contribution < 1.29 is 19.0 Å². The smallest absolute Gasteiger partial charge is 0.333 e. The molecule has 2 heterocycles. The van der Waals surface area contributed by atoms with E-state index in [1.165, 1.54) is 0 Å². The molecule has 0 aromatic carbocycles. The summed E-state index contributed by atoms with van der Waals surface area (Å²) in [6, 6.07) is 2.21. The van der Waals surface area contributed by atoms with Gasteiger partial charge in [0.1, 0.15) is 18.3 Å². The number of hydrogen-bond donors (Lipinski definition) is 0. The van der Waals surface area contributed by atoms with Crippen molar-refractivity contribution in [3.05, 3.63) is 12.2 Å². The van der Waals surface area contributed by atoms with Gasteiger partial charge < -0.3 is 14.2 Å². The van der Waals surface area contributed by atoms with Gasteiger partial charge in [-0.1, -0.05) is 6.58 Å². The summed E-state index contributed by atoms with van der Waals surface area (Å²) in [6.07, 6.45) is 3.39. The predicted octanol–water partition coefficient (Wildman–Crippen LogP) is 1.93. The van der Waals surface area contributed by atoms with E-state index in [1.807, 2.05) is 0 Å². The number of esters is 1. The number of ether oxygens (including phenoxy) is 3. The minimum absolute atomic E-state index is 0.0313. The molecule has 4 fully saturated rings. The maximum Gasteiger partial charge on any atom is 0.333 e. The number of carbonyl (C=O) groups is 1. The summed E-state index contributed by atoms with van der Waals surface area (Å²) in [5.41, 5.74) is 0.447. The molecule has 0 aromatic heterocycles. The maximum atomic E-state index is 11.9. The topological polar surface area (TPSA) is 71.8 Å². The Morgan fingerprint density at radius 3 is 3.05 bits per heavy atom. The van der Waals surface area contributed by atoms with Gasteiger partial charge in [-0.2, -0.15) is 5.26 Å². The van der Waals surface area contributed by atoms with Crippen LogP contribution in [0.1, 0.15) is 32.6 Å². The first-order valence-electron chi connectivity index (χ1n) is 7.62. The first kappa shape index (κ1) is 13.3. The fraction of sp³-hybridized carbons (Fsp3) is 0.750. The molecular formula is C16H19NO4. The van der Waals surface area contributed by atoms with Crippen molar-refractivity contribution in [1.29, 1.82) is 5.26 Å². The van der Waals surface area contributed by atoms with Crippen molar-refractivity contribution in [1.82, 2.24) is 0 Å². The van der Waals surface area contributed by atoms with Crippen molar-refractivity contribution in [3.63, 3.8) is 0 Å². The number of hydrogen-bond acceptors (Lipinski definition) is 5. The SMILES string of the molecule is C=C(C)C(=O)OC1C2OC3OC3CC2C12CC2CCC#N. The van der Waals surface area contributed by atoms with E-state index in [2.05, 4.69) is 12.6 Å². The Kier molecular flexibility index (Phi) is 2.73. The molecule has 2 aliphatic carbocycles. The number of epoxide rings is 1. The van der Waals surface area contributed by atoms with Crippen LogP contribution in [0.15, 0.2) is 12.2 Å². The average molecular weight is 289 g/mol. The molecule has 7 atom stereocenters. The van der Waals surface area contributed by atoms with Crippen LogP contribution in [0.2, 0.25) is 0 Å². The van der Waals surface area contributed by atoms with Crippen LogP contribution >= 0.6 is 0 Å². The van der Waals surface area contributed by atoms with Gasteiger partial charge in [-0.15, -0.1) is 0 Å². The molecule has 4 aliphatic rings. The Labute approximate surface area is 123 Å². The van der Waals surface area contributed by atoms with Gasteiger partial charge in [0, 0.05) is 23.3 Å². The van der Waals surface area contributed by atoms with Gasteiger partial charge in [-0.25, -0.2) is 4.79 Å². The predicted molar refractivity (Wildman–Crippen MR) is 71.7 cm³/mol. The highest BCUT2D eigenvalue weighted by Crippen LogP contribution is 2.74. The van der Waals surface area contributed by atoms with Crippen LogP contribution in [0.3, 0.4) is 0 Å². The molecule has 2 aliphatic heterocycles. The number of nitrogens with zero attached hydrogens (tertiary/aromatic N) is 1. The Morgan fingerprint density at radius 2 is 2.33 bits per heavy atom. The molecular weight excluding hydrogens is 270 g/mol. The van der Waals surface area contributed by atoms with Crippen LogP contribution in [0.4, 0.5) is 0 Å². The molecule has 0 amide bonds. The van der Waals surface area contributed by atoms with Crippen LogP contribution in [-0.2, 0) is 19.0 Å². The van der Waals surface area contributed by atoms with E-state index in [4.69, 9.17) is 19.5 Å². The minimum Gasteiger partial charge on any atom is -0.456 e. The van der Waals surface area contributed by atoms with E-state index in [9.17, 15) is 4.79 Å². The summed E-state index contributed by atoms with van der Waals surface area (Å²) in [6.45, 7) is 5.31. The maximum absolute atomic E-state index is 11.9. The van der Waals surface area contributed by atoms with Gasteiger partial charge in [0.2, 0.25) is 0 Å². The summed E-state index contributed by atoms with van der Waals surface area (Å²) in [7, 11) is 0. The molecule has 0 N–H and O–H groups in total. The van der Waals surface area contributed by atoms with Gasteiger partial charge in [0.25, 0.3) is 0 Å². The van der Waals surface area contributed by atoms with E-state index in [1.54, 1.807) is 6.92 Å². The lowest BCUT2D eigenvalue weighted by Gasteiger charge is -2.53. The van der Waals surface area contributed by atoms with E-state index in [0.717, 1.165) is 19.3 Å². The lowest BCUT2D eigenvalue weighted by molar-refractivity contribution is -0.239. The van der Waals surface area contributed by atoms with Gasteiger partial charge >= 0.3 is 5.97 Å². The second-order valence-electron chi connectivity index (χ2n) is 6.80. The molecule has 0 bridgehead atoms. The van der Waals surface area contributed by atoms with Crippen LogP contribution in [0, 0.1) is 28.6 Å². The molecule has 4 rings (SSSR count). The summed E-state index contributed by atoms with van der Waals surface area (Å²) >= 11 is 0. The summed E-state index contributed by atoms with van der Waals surface area (Å²) in [4.78, 5) is 11.9. The van der Waals surface area contributed by atoms with Crippen molar-refractivity contribution in [2.45, 2.75) is 57.2 Å². The van der Waals surface area contributed by atoms with Gasteiger partial charge in [-0.05, 0) is 32.1 Å². The number of carbonyl (C=O) groups excluding carboxylic acids is 1. The van der Waals surface area contributed by atoms with Crippen molar-refractivity contribution in [2.75, 3.05) is 0 Å².